The quantitative estimate of drug-likeness (QED) is 0.741. The maximum absolute atomic E-state index is 12.3. The van der Waals surface area contributed by atoms with E-state index in [-0.39, 0.29) is 17.6 Å². The Morgan fingerprint density at radius 3 is 2.81 bits per heavy atom. The van der Waals surface area contributed by atoms with E-state index in [1.807, 2.05) is 6.07 Å². The molecule has 0 unspecified atom stereocenters. The highest BCUT2D eigenvalue weighted by atomic mass is 16.5. The lowest BCUT2D eigenvalue weighted by Gasteiger charge is -2.42. The third-order valence-electron chi connectivity index (χ3n) is 4.87. The first-order valence-electron chi connectivity index (χ1n) is 7.42. The molecule has 3 aliphatic rings. The molecular weight excluding hydrogens is 266 g/mol. The zero-order chi connectivity index (χ0) is 14.6. The molecule has 1 aromatic rings. The van der Waals surface area contributed by atoms with E-state index in [1.165, 1.54) is 11.1 Å². The first kappa shape index (κ1) is 12.6. The summed E-state index contributed by atoms with van der Waals surface area (Å²) in [7, 11) is 1.67. The van der Waals surface area contributed by atoms with Crippen molar-refractivity contribution in [2.75, 3.05) is 13.7 Å². The molecule has 4 nitrogen and oxygen atoms in total. The van der Waals surface area contributed by atoms with Crippen molar-refractivity contribution in [3.8, 4) is 5.75 Å². The number of allylic oxidation sites excluding steroid dienone is 2. The maximum atomic E-state index is 12.3. The lowest BCUT2D eigenvalue weighted by molar-refractivity contribution is -0.122. The fraction of sp³-hybridized carbons (Fsp3) is 0.412. The number of hydrogen-bond donors (Lipinski definition) is 0. The molecule has 2 heterocycles. The molecule has 1 aliphatic carbocycles. The fourth-order valence-electron chi connectivity index (χ4n) is 3.88. The van der Waals surface area contributed by atoms with E-state index in [0.717, 1.165) is 30.8 Å². The topological polar surface area (TPSA) is 46.6 Å². The van der Waals surface area contributed by atoms with Crippen LogP contribution >= 0.6 is 0 Å². The molecule has 0 aromatic heterocycles. The van der Waals surface area contributed by atoms with Gasteiger partial charge in [-0.3, -0.25) is 9.59 Å². The number of nitrogens with zero attached hydrogens (tertiary/aromatic N) is 1. The van der Waals surface area contributed by atoms with Crippen molar-refractivity contribution < 1.29 is 14.3 Å². The number of ether oxygens (including phenoxy) is 1. The maximum Gasteiger partial charge on any atom is 0.170 e. The third kappa shape index (κ3) is 1.75. The lowest BCUT2D eigenvalue weighted by Crippen LogP contribution is -2.40. The van der Waals surface area contributed by atoms with Crippen molar-refractivity contribution in [1.82, 2.24) is 4.90 Å². The standard InChI is InChI=1S/C17H17NO3/c1-21-11-2-3-12-10(8-11)6-7-18-13-4-5-15(19)17(13)16(20)9-14(12)18/h2-3,8,14H,4-7,9H2,1H3/t14-/m0/s1. The van der Waals surface area contributed by atoms with Crippen molar-refractivity contribution in [2.45, 2.75) is 31.7 Å². The molecule has 0 saturated heterocycles. The number of carbonyl (C=O) groups excluding carboxylic acids is 2. The van der Waals surface area contributed by atoms with Gasteiger partial charge in [0.2, 0.25) is 0 Å². The van der Waals surface area contributed by atoms with Crippen molar-refractivity contribution in [3.05, 3.63) is 40.6 Å². The van der Waals surface area contributed by atoms with E-state index < -0.39 is 0 Å². The minimum Gasteiger partial charge on any atom is -0.497 e. The molecular formula is C17H17NO3. The largest absolute Gasteiger partial charge is 0.497 e. The van der Waals surface area contributed by atoms with E-state index in [2.05, 4.69) is 17.0 Å². The third-order valence-corrected chi connectivity index (χ3v) is 4.87. The Hall–Kier alpha value is -2.10. The highest BCUT2D eigenvalue weighted by molar-refractivity contribution is 6.22. The van der Waals surface area contributed by atoms with Gasteiger partial charge in [-0.1, -0.05) is 6.07 Å². The van der Waals surface area contributed by atoms with Crippen molar-refractivity contribution >= 4 is 11.6 Å². The van der Waals surface area contributed by atoms with Crippen LogP contribution in [0.5, 0.6) is 5.75 Å². The predicted molar refractivity (Wildman–Crippen MR) is 77.0 cm³/mol. The van der Waals surface area contributed by atoms with E-state index in [1.54, 1.807) is 7.11 Å². The summed E-state index contributed by atoms with van der Waals surface area (Å²) >= 11 is 0. The molecule has 1 atom stereocenters. The Labute approximate surface area is 123 Å². The molecule has 0 radical (unpaired) electrons. The summed E-state index contributed by atoms with van der Waals surface area (Å²) in [4.78, 5) is 26.5. The molecule has 0 saturated carbocycles. The molecule has 0 N–H and O–H groups in total. The number of benzene rings is 1. The molecule has 0 amide bonds. The van der Waals surface area contributed by atoms with Crippen LogP contribution in [0.25, 0.3) is 0 Å². The monoisotopic (exact) mass is 283 g/mol. The molecule has 4 rings (SSSR count). The van der Waals surface area contributed by atoms with Gasteiger partial charge in [0.1, 0.15) is 5.75 Å². The smallest absolute Gasteiger partial charge is 0.170 e. The van der Waals surface area contributed by atoms with E-state index in [0.29, 0.717) is 18.4 Å². The Morgan fingerprint density at radius 1 is 1.14 bits per heavy atom. The van der Waals surface area contributed by atoms with Crippen LogP contribution in [0.2, 0.25) is 0 Å². The molecule has 0 spiro atoms. The molecule has 21 heavy (non-hydrogen) atoms. The average Bonchev–Trinajstić information content (AvgIpc) is 2.89. The van der Waals surface area contributed by atoms with Crippen LogP contribution in [0.1, 0.15) is 36.4 Å². The Balaban J connectivity index is 1.79. The number of ketones is 2. The number of carbonyl (C=O) groups is 2. The first-order chi connectivity index (χ1) is 10.2. The molecule has 108 valence electrons. The Kier molecular flexibility index (Phi) is 2.67. The van der Waals surface area contributed by atoms with Gasteiger partial charge in [-0.05, 0) is 36.1 Å². The average molecular weight is 283 g/mol. The lowest BCUT2D eigenvalue weighted by atomic mass is 9.84. The van der Waals surface area contributed by atoms with Gasteiger partial charge in [-0.2, -0.15) is 0 Å². The van der Waals surface area contributed by atoms with Gasteiger partial charge in [0.05, 0.1) is 18.7 Å². The second kappa shape index (κ2) is 4.45. The number of methoxy groups -OCH3 is 1. The van der Waals surface area contributed by atoms with Crippen molar-refractivity contribution in [1.29, 1.82) is 0 Å². The molecule has 0 bridgehead atoms. The van der Waals surface area contributed by atoms with Crippen LogP contribution in [0.15, 0.2) is 29.5 Å². The van der Waals surface area contributed by atoms with Crippen LogP contribution in [0.3, 0.4) is 0 Å². The van der Waals surface area contributed by atoms with Crippen LogP contribution in [-0.2, 0) is 16.0 Å². The Morgan fingerprint density at radius 2 is 2.00 bits per heavy atom. The van der Waals surface area contributed by atoms with Crippen molar-refractivity contribution in [2.24, 2.45) is 0 Å². The van der Waals surface area contributed by atoms with Crippen LogP contribution in [0, 0.1) is 0 Å². The second-order valence-corrected chi connectivity index (χ2v) is 5.90. The van der Waals surface area contributed by atoms with Crippen LogP contribution in [-0.4, -0.2) is 30.1 Å². The Bertz CT molecular complexity index is 689. The highest BCUT2D eigenvalue weighted by Crippen LogP contribution is 2.44. The van der Waals surface area contributed by atoms with E-state index >= 15 is 0 Å². The summed E-state index contributed by atoms with van der Waals surface area (Å²) in [5.41, 5.74) is 3.95. The highest BCUT2D eigenvalue weighted by Gasteiger charge is 2.42. The number of fused-ring (bicyclic) bond motifs is 4. The van der Waals surface area contributed by atoms with Gasteiger partial charge < -0.3 is 9.64 Å². The van der Waals surface area contributed by atoms with Gasteiger partial charge in [0.15, 0.2) is 11.6 Å². The fourth-order valence-corrected chi connectivity index (χ4v) is 3.88. The van der Waals surface area contributed by atoms with Crippen LogP contribution in [0.4, 0.5) is 0 Å². The van der Waals surface area contributed by atoms with Crippen molar-refractivity contribution in [3.63, 3.8) is 0 Å². The molecule has 4 heteroatoms. The van der Waals surface area contributed by atoms with Gasteiger partial charge in [0, 0.05) is 25.1 Å². The van der Waals surface area contributed by atoms with E-state index in [9.17, 15) is 9.59 Å². The van der Waals surface area contributed by atoms with Crippen LogP contribution < -0.4 is 4.74 Å². The molecule has 0 fully saturated rings. The SMILES string of the molecule is COc1ccc2c(c1)CCN1C3=C(C(=O)CC3)C(=O)C[C@@H]21. The minimum atomic E-state index is 0.0254. The summed E-state index contributed by atoms with van der Waals surface area (Å²) in [6, 6.07) is 6.19. The van der Waals surface area contributed by atoms with Gasteiger partial charge in [-0.15, -0.1) is 0 Å². The zero-order valence-electron chi connectivity index (χ0n) is 12.0. The summed E-state index contributed by atoms with van der Waals surface area (Å²) in [5.74, 6) is 0.923. The molecule has 2 aliphatic heterocycles. The summed E-state index contributed by atoms with van der Waals surface area (Å²) < 4.78 is 5.29. The second-order valence-electron chi connectivity index (χ2n) is 5.90. The van der Waals surface area contributed by atoms with Gasteiger partial charge >= 0.3 is 0 Å². The summed E-state index contributed by atoms with van der Waals surface area (Å²) in [5, 5.41) is 0. The number of hydrogen-bond acceptors (Lipinski definition) is 4. The molecule has 1 aromatic carbocycles. The summed E-state index contributed by atoms with van der Waals surface area (Å²) in [6.45, 7) is 0.879. The predicted octanol–water partition coefficient (Wildman–Crippen LogP) is 2.18. The normalized spacial score (nSPS) is 23.9. The zero-order valence-corrected chi connectivity index (χ0v) is 12.0. The summed E-state index contributed by atoms with van der Waals surface area (Å²) in [6.07, 6.45) is 2.57. The van der Waals surface area contributed by atoms with E-state index in [4.69, 9.17) is 4.74 Å². The number of rotatable bonds is 1. The minimum absolute atomic E-state index is 0.0254. The first-order valence-corrected chi connectivity index (χ1v) is 7.42. The van der Waals surface area contributed by atoms with Gasteiger partial charge in [0.25, 0.3) is 0 Å². The number of Topliss-reactive ketones (excluding diaryl/α,β-unsaturated/α-hetero) is 2. The van der Waals surface area contributed by atoms with Gasteiger partial charge in [-0.25, -0.2) is 0 Å².